The van der Waals surface area contributed by atoms with Crippen molar-refractivity contribution in [3.8, 4) is 5.75 Å². The molecule has 0 radical (unpaired) electrons. The molecular weight excluding hydrogens is 210 g/mol. The number of aryl methyl sites for hydroxylation is 1. The van der Waals surface area contributed by atoms with Gasteiger partial charge in [0.25, 0.3) is 0 Å². The minimum absolute atomic E-state index is 0.611. The molecule has 2 nitrogen and oxygen atoms in total. The van der Waals surface area contributed by atoms with E-state index in [-0.39, 0.29) is 0 Å². The van der Waals surface area contributed by atoms with E-state index in [0.717, 1.165) is 31.7 Å². The number of rotatable bonds is 6. The van der Waals surface area contributed by atoms with Crippen molar-refractivity contribution in [1.29, 1.82) is 0 Å². The Balaban J connectivity index is 1.83. The van der Waals surface area contributed by atoms with Gasteiger partial charge in [-0.25, -0.2) is 0 Å². The largest absolute Gasteiger partial charge is 0.493 e. The molecule has 1 aliphatic heterocycles. The highest BCUT2D eigenvalue weighted by Crippen LogP contribution is 2.26. The maximum absolute atomic E-state index is 5.52. The quantitative estimate of drug-likeness (QED) is 0.815. The van der Waals surface area contributed by atoms with Crippen LogP contribution in [0.5, 0.6) is 5.75 Å². The lowest BCUT2D eigenvalue weighted by atomic mass is 10.0. The van der Waals surface area contributed by atoms with E-state index in [0.29, 0.717) is 6.04 Å². The summed E-state index contributed by atoms with van der Waals surface area (Å²) in [7, 11) is 0. The van der Waals surface area contributed by atoms with E-state index in [4.69, 9.17) is 4.74 Å². The molecule has 1 aromatic rings. The van der Waals surface area contributed by atoms with E-state index in [1.807, 2.05) is 0 Å². The van der Waals surface area contributed by atoms with E-state index in [1.54, 1.807) is 0 Å². The van der Waals surface area contributed by atoms with Gasteiger partial charge in [0.1, 0.15) is 5.75 Å². The molecule has 0 amide bonds. The first-order valence-corrected chi connectivity index (χ1v) is 6.77. The molecule has 0 fully saturated rings. The lowest BCUT2D eigenvalue weighted by Crippen LogP contribution is -2.27. The fourth-order valence-electron chi connectivity index (χ4n) is 2.27. The molecule has 0 saturated heterocycles. The van der Waals surface area contributed by atoms with Gasteiger partial charge in [0.15, 0.2) is 0 Å². The highest BCUT2D eigenvalue weighted by molar-refractivity contribution is 5.39. The fourth-order valence-corrected chi connectivity index (χ4v) is 2.27. The normalized spacial score (nSPS) is 15.4. The molecule has 94 valence electrons. The molecule has 0 aliphatic carbocycles. The number of benzene rings is 1. The molecule has 0 aromatic heterocycles. The molecule has 0 bridgehead atoms. The summed E-state index contributed by atoms with van der Waals surface area (Å²) >= 11 is 0. The average molecular weight is 233 g/mol. The van der Waals surface area contributed by atoms with Crippen molar-refractivity contribution in [3.63, 3.8) is 0 Å². The molecule has 1 aliphatic rings. The van der Waals surface area contributed by atoms with Crippen molar-refractivity contribution in [3.05, 3.63) is 29.3 Å². The van der Waals surface area contributed by atoms with Crippen molar-refractivity contribution in [2.24, 2.45) is 0 Å². The van der Waals surface area contributed by atoms with E-state index in [1.165, 1.54) is 24.0 Å². The van der Waals surface area contributed by atoms with E-state index in [2.05, 4.69) is 37.4 Å². The zero-order valence-electron chi connectivity index (χ0n) is 11.0. The smallest absolute Gasteiger partial charge is 0.122 e. The Labute approximate surface area is 104 Å². The minimum atomic E-state index is 0.611. The third-order valence-electron chi connectivity index (χ3n) is 3.36. The fraction of sp³-hybridized carbons (Fsp3) is 0.600. The monoisotopic (exact) mass is 233 g/mol. The summed E-state index contributed by atoms with van der Waals surface area (Å²) in [5.74, 6) is 1.09. The topological polar surface area (TPSA) is 21.3 Å². The molecular formula is C15H23NO. The van der Waals surface area contributed by atoms with Crippen molar-refractivity contribution in [2.45, 2.75) is 45.6 Å². The van der Waals surface area contributed by atoms with Crippen LogP contribution in [0.25, 0.3) is 0 Å². The zero-order chi connectivity index (χ0) is 12.1. The summed E-state index contributed by atoms with van der Waals surface area (Å²) in [6, 6.07) is 7.26. The van der Waals surface area contributed by atoms with Crippen LogP contribution in [0.1, 0.15) is 37.8 Å². The molecule has 1 N–H and O–H groups in total. The first kappa shape index (κ1) is 12.4. The number of fused-ring (bicyclic) bond motifs is 1. The standard InChI is InChI=1S/C15H23NO/c1-3-9-16-12(2)4-5-13-6-7-15-14(11-13)8-10-17-15/h6-7,11-12,16H,3-5,8-10H2,1-2H3. The molecule has 1 heterocycles. The second-order valence-corrected chi connectivity index (χ2v) is 4.93. The van der Waals surface area contributed by atoms with Crippen LogP contribution in [0.2, 0.25) is 0 Å². The van der Waals surface area contributed by atoms with Gasteiger partial charge in [0.05, 0.1) is 6.61 Å². The van der Waals surface area contributed by atoms with Gasteiger partial charge in [-0.3, -0.25) is 0 Å². The summed E-state index contributed by atoms with van der Waals surface area (Å²) in [5.41, 5.74) is 2.83. The van der Waals surface area contributed by atoms with Gasteiger partial charge in [-0.05, 0) is 49.9 Å². The summed E-state index contributed by atoms with van der Waals surface area (Å²) in [5, 5.41) is 3.53. The Morgan fingerprint density at radius 1 is 1.41 bits per heavy atom. The molecule has 0 saturated carbocycles. The Hall–Kier alpha value is -1.02. The Morgan fingerprint density at radius 2 is 2.29 bits per heavy atom. The maximum Gasteiger partial charge on any atom is 0.122 e. The highest BCUT2D eigenvalue weighted by atomic mass is 16.5. The molecule has 0 spiro atoms. The van der Waals surface area contributed by atoms with Gasteiger partial charge in [0.2, 0.25) is 0 Å². The molecule has 17 heavy (non-hydrogen) atoms. The van der Waals surface area contributed by atoms with Crippen LogP contribution >= 0.6 is 0 Å². The highest BCUT2D eigenvalue weighted by Gasteiger charge is 2.12. The molecule has 2 rings (SSSR count). The zero-order valence-corrected chi connectivity index (χ0v) is 11.0. The first-order valence-electron chi connectivity index (χ1n) is 6.77. The second kappa shape index (κ2) is 6.06. The van der Waals surface area contributed by atoms with Crippen molar-refractivity contribution < 1.29 is 4.74 Å². The molecule has 1 unspecified atom stereocenters. The lowest BCUT2D eigenvalue weighted by Gasteiger charge is -2.13. The second-order valence-electron chi connectivity index (χ2n) is 4.93. The summed E-state index contributed by atoms with van der Waals surface area (Å²) in [6.45, 7) is 6.46. The summed E-state index contributed by atoms with van der Waals surface area (Å²) < 4.78 is 5.52. The van der Waals surface area contributed by atoms with Crippen molar-refractivity contribution >= 4 is 0 Å². The van der Waals surface area contributed by atoms with Crippen LogP contribution in [0.15, 0.2) is 18.2 Å². The Kier molecular flexibility index (Phi) is 4.43. The third kappa shape index (κ3) is 3.47. The van der Waals surface area contributed by atoms with Crippen LogP contribution in [0, 0.1) is 0 Å². The molecule has 1 atom stereocenters. The van der Waals surface area contributed by atoms with Gasteiger partial charge in [-0.1, -0.05) is 19.1 Å². The van der Waals surface area contributed by atoms with Gasteiger partial charge in [0, 0.05) is 12.5 Å². The predicted octanol–water partition coefficient (Wildman–Crippen LogP) is 2.94. The number of hydrogen-bond donors (Lipinski definition) is 1. The van der Waals surface area contributed by atoms with Crippen molar-refractivity contribution in [1.82, 2.24) is 5.32 Å². The predicted molar refractivity (Wildman–Crippen MR) is 71.7 cm³/mol. The maximum atomic E-state index is 5.52. The van der Waals surface area contributed by atoms with Crippen LogP contribution < -0.4 is 10.1 Å². The summed E-state index contributed by atoms with van der Waals surface area (Å²) in [6.07, 6.45) is 4.65. The van der Waals surface area contributed by atoms with Gasteiger partial charge in [-0.2, -0.15) is 0 Å². The number of ether oxygens (including phenoxy) is 1. The Bertz CT molecular complexity index is 362. The van der Waals surface area contributed by atoms with Gasteiger partial charge < -0.3 is 10.1 Å². The Morgan fingerprint density at radius 3 is 3.12 bits per heavy atom. The number of hydrogen-bond acceptors (Lipinski definition) is 2. The van der Waals surface area contributed by atoms with Crippen LogP contribution in [-0.4, -0.2) is 19.2 Å². The average Bonchev–Trinajstić information content (AvgIpc) is 2.81. The lowest BCUT2D eigenvalue weighted by molar-refractivity contribution is 0.357. The molecule has 2 heteroatoms. The summed E-state index contributed by atoms with van der Waals surface area (Å²) in [4.78, 5) is 0. The van der Waals surface area contributed by atoms with Gasteiger partial charge >= 0.3 is 0 Å². The van der Waals surface area contributed by atoms with Crippen LogP contribution in [-0.2, 0) is 12.8 Å². The minimum Gasteiger partial charge on any atom is -0.493 e. The van der Waals surface area contributed by atoms with Crippen molar-refractivity contribution in [2.75, 3.05) is 13.2 Å². The number of nitrogens with one attached hydrogen (secondary N) is 1. The van der Waals surface area contributed by atoms with Crippen LogP contribution in [0.4, 0.5) is 0 Å². The first-order chi connectivity index (χ1) is 8.29. The van der Waals surface area contributed by atoms with E-state index >= 15 is 0 Å². The van der Waals surface area contributed by atoms with E-state index in [9.17, 15) is 0 Å². The molecule has 1 aromatic carbocycles. The van der Waals surface area contributed by atoms with E-state index < -0.39 is 0 Å². The van der Waals surface area contributed by atoms with Crippen LogP contribution in [0.3, 0.4) is 0 Å². The van der Waals surface area contributed by atoms with Gasteiger partial charge in [-0.15, -0.1) is 0 Å². The SMILES string of the molecule is CCCNC(C)CCc1ccc2c(c1)CCO2. The third-order valence-corrected chi connectivity index (χ3v) is 3.36.